The van der Waals surface area contributed by atoms with Crippen LogP contribution in [-0.4, -0.2) is 6.29 Å². The molecule has 0 spiro atoms. The average Bonchev–Trinajstić information content (AvgIpc) is 2.65. The quantitative estimate of drug-likeness (QED) is 0.593. The van der Waals surface area contributed by atoms with Crippen LogP contribution in [0.3, 0.4) is 0 Å². The summed E-state index contributed by atoms with van der Waals surface area (Å²) in [5, 5.41) is 0. The molecule has 0 N–H and O–H groups in total. The molecule has 102 valence electrons. The van der Waals surface area contributed by atoms with Crippen molar-refractivity contribution in [2.24, 2.45) is 11.8 Å². The van der Waals surface area contributed by atoms with Crippen molar-refractivity contribution in [3.05, 3.63) is 11.1 Å². The Labute approximate surface area is 112 Å². The van der Waals surface area contributed by atoms with Gasteiger partial charge in [-0.15, -0.1) is 0 Å². The Bertz CT molecular complexity index is 303. The van der Waals surface area contributed by atoms with Gasteiger partial charge >= 0.3 is 0 Å². The average molecular weight is 248 g/mol. The van der Waals surface area contributed by atoms with Crippen LogP contribution in [0.15, 0.2) is 11.1 Å². The van der Waals surface area contributed by atoms with Crippen molar-refractivity contribution in [1.82, 2.24) is 0 Å². The first-order valence-corrected chi connectivity index (χ1v) is 8.01. The SMILES string of the molecule is CC1CC2CCCCCCCCCCC2=C1C=O. The zero-order valence-electron chi connectivity index (χ0n) is 11.9. The summed E-state index contributed by atoms with van der Waals surface area (Å²) in [6.07, 6.45) is 16.0. The minimum absolute atomic E-state index is 0.521. The van der Waals surface area contributed by atoms with Crippen molar-refractivity contribution in [2.45, 2.75) is 77.6 Å². The summed E-state index contributed by atoms with van der Waals surface area (Å²) < 4.78 is 0. The summed E-state index contributed by atoms with van der Waals surface area (Å²) >= 11 is 0. The van der Waals surface area contributed by atoms with Crippen molar-refractivity contribution in [2.75, 3.05) is 0 Å². The first-order chi connectivity index (χ1) is 8.83. The standard InChI is InChI=1S/C17H28O/c1-14-12-15-10-8-6-4-2-3-5-7-9-11-16(15)17(14)13-18/h13-15H,2-12H2,1H3. The van der Waals surface area contributed by atoms with Gasteiger partial charge < -0.3 is 0 Å². The van der Waals surface area contributed by atoms with Crippen LogP contribution >= 0.6 is 0 Å². The van der Waals surface area contributed by atoms with Crippen molar-refractivity contribution in [3.8, 4) is 0 Å². The molecule has 0 aliphatic heterocycles. The van der Waals surface area contributed by atoms with Gasteiger partial charge in [-0.1, -0.05) is 57.4 Å². The second kappa shape index (κ2) is 7.11. The smallest absolute Gasteiger partial charge is 0.146 e. The highest BCUT2D eigenvalue weighted by Gasteiger charge is 2.29. The van der Waals surface area contributed by atoms with Gasteiger partial charge in [-0.3, -0.25) is 4.79 Å². The number of rotatable bonds is 1. The lowest BCUT2D eigenvalue weighted by Gasteiger charge is -2.16. The molecular formula is C17H28O. The van der Waals surface area contributed by atoms with Gasteiger partial charge in [-0.25, -0.2) is 0 Å². The number of carbonyl (C=O) groups excluding carboxylic acids is 1. The van der Waals surface area contributed by atoms with E-state index in [9.17, 15) is 4.79 Å². The number of carbonyl (C=O) groups is 1. The molecule has 0 bridgehead atoms. The van der Waals surface area contributed by atoms with E-state index in [0.717, 1.165) is 17.8 Å². The molecule has 1 nitrogen and oxygen atoms in total. The van der Waals surface area contributed by atoms with Gasteiger partial charge in [-0.05, 0) is 43.1 Å². The number of hydrogen-bond donors (Lipinski definition) is 0. The number of fused-ring (bicyclic) bond motifs is 1. The van der Waals surface area contributed by atoms with Crippen LogP contribution in [0.2, 0.25) is 0 Å². The lowest BCUT2D eigenvalue weighted by atomic mass is 9.89. The van der Waals surface area contributed by atoms with Crippen LogP contribution < -0.4 is 0 Å². The van der Waals surface area contributed by atoms with Gasteiger partial charge in [0.25, 0.3) is 0 Å². The van der Waals surface area contributed by atoms with Crippen LogP contribution in [0.25, 0.3) is 0 Å². The van der Waals surface area contributed by atoms with Crippen LogP contribution in [0.4, 0.5) is 0 Å². The van der Waals surface area contributed by atoms with Crippen LogP contribution in [0, 0.1) is 11.8 Å². The maximum absolute atomic E-state index is 11.3. The molecule has 0 saturated heterocycles. The third kappa shape index (κ3) is 3.46. The largest absolute Gasteiger partial charge is 0.298 e. The number of hydrogen-bond acceptors (Lipinski definition) is 1. The fourth-order valence-electron chi connectivity index (χ4n) is 3.85. The highest BCUT2D eigenvalue weighted by Crippen LogP contribution is 2.41. The summed E-state index contributed by atoms with van der Waals surface area (Å²) in [6, 6.07) is 0. The summed E-state index contributed by atoms with van der Waals surface area (Å²) in [6.45, 7) is 2.24. The summed E-state index contributed by atoms with van der Waals surface area (Å²) in [4.78, 5) is 11.3. The lowest BCUT2D eigenvalue weighted by Crippen LogP contribution is -2.02. The Hall–Kier alpha value is -0.590. The molecule has 0 aromatic carbocycles. The first-order valence-electron chi connectivity index (χ1n) is 8.01. The molecule has 2 unspecified atom stereocenters. The molecule has 2 rings (SSSR count). The lowest BCUT2D eigenvalue weighted by molar-refractivity contribution is -0.105. The Morgan fingerprint density at radius 2 is 1.56 bits per heavy atom. The minimum Gasteiger partial charge on any atom is -0.298 e. The minimum atomic E-state index is 0.521. The Morgan fingerprint density at radius 1 is 0.944 bits per heavy atom. The molecule has 0 aromatic heterocycles. The highest BCUT2D eigenvalue weighted by atomic mass is 16.1. The van der Waals surface area contributed by atoms with E-state index in [1.165, 1.54) is 76.2 Å². The first kappa shape index (κ1) is 13.8. The highest BCUT2D eigenvalue weighted by molar-refractivity contribution is 5.76. The van der Waals surface area contributed by atoms with E-state index >= 15 is 0 Å². The van der Waals surface area contributed by atoms with Gasteiger partial charge in [0.2, 0.25) is 0 Å². The van der Waals surface area contributed by atoms with Crippen molar-refractivity contribution >= 4 is 6.29 Å². The van der Waals surface area contributed by atoms with E-state index in [0.29, 0.717) is 5.92 Å². The number of allylic oxidation sites excluding steroid dienone is 2. The van der Waals surface area contributed by atoms with E-state index in [4.69, 9.17) is 0 Å². The van der Waals surface area contributed by atoms with Gasteiger partial charge in [0.05, 0.1) is 0 Å². The maximum atomic E-state index is 11.3. The van der Waals surface area contributed by atoms with Crippen LogP contribution in [-0.2, 0) is 4.79 Å². The fourth-order valence-corrected chi connectivity index (χ4v) is 3.85. The van der Waals surface area contributed by atoms with Gasteiger partial charge in [0, 0.05) is 0 Å². The van der Waals surface area contributed by atoms with Crippen molar-refractivity contribution in [3.63, 3.8) is 0 Å². The van der Waals surface area contributed by atoms with Crippen LogP contribution in [0.5, 0.6) is 0 Å². The molecule has 1 fully saturated rings. The second-order valence-electron chi connectivity index (χ2n) is 6.30. The second-order valence-corrected chi connectivity index (χ2v) is 6.30. The van der Waals surface area contributed by atoms with Crippen molar-refractivity contribution in [1.29, 1.82) is 0 Å². The Balaban J connectivity index is 2.03. The molecule has 2 aliphatic carbocycles. The molecule has 0 aromatic rings. The molecule has 0 heterocycles. The van der Waals surface area contributed by atoms with E-state index in [1.807, 2.05) is 0 Å². The van der Waals surface area contributed by atoms with Crippen molar-refractivity contribution < 1.29 is 4.79 Å². The predicted molar refractivity (Wildman–Crippen MR) is 76.5 cm³/mol. The fraction of sp³-hybridized carbons (Fsp3) is 0.824. The maximum Gasteiger partial charge on any atom is 0.146 e. The van der Waals surface area contributed by atoms with E-state index in [-0.39, 0.29) is 0 Å². The van der Waals surface area contributed by atoms with Gasteiger partial charge in [0.15, 0.2) is 0 Å². The Morgan fingerprint density at radius 3 is 2.22 bits per heavy atom. The van der Waals surface area contributed by atoms with Crippen LogP contribution in [0.1, 0.15) is 77.6 Å². The molecule has 0 amide bonds. The Kier molecular flexibility index (Phi) is 5.46. The summed E-state index contributed by atoms with van der Waals surface area (Å²) in [5.74, 6) is 1.26. The predicted octanol–water partition coefficient (Wildman–Crippen LogP) is 5.05. The van der Waals surface area contributed by atoms with Gasteiger partial charge in [-0.2, -0.15) is 0 Å². The molecular weight excluding hydrogens is 220 g/mol. The van der Waals surface area contributed by atoms with Gasteiger partial charge in [0.1, 0.15) is 6.29 Å². The van der Waals surface area contributed by atoms with E-state index in [2.05, 4.69) is 6.92 Å². The van der Waals surface area contributed by atoms with E-state index in [1.54, 1.807) is 0 Å². The summed E-state index contributed by atoms with van der Waals surface area (Å²) in [5.41, 5.74) is 2.70. The van der Waals surface area contributed by atoms with E-state index < -0.39 is 0 Å². The molecule has 0 radical (unpaired) electrons. The third-order valence-electron chi connectivity index (χ3n) is 4.91. The monoisotopic (exact) mass is 248 g/mol. The molecule has 18 heavy (non-hydrogen) atoms. The number of aldehydes is 1. The zero-order valence-corrected chi connectivity index (χ0v) is 11.9. The topological polar surface area (TPSA) is 17.1 Å². The molecule has 2 atom stereocenters. The summed E-state index contributed by atoms with van der Waals surface area (Å²) in [7, 11) is 0. The third-order valence-corrected chi connectivity index (χ3v) is 4.91. The molecule has 2 aliphatic rings. The molecule has 1 heteroatoms. The normalized spacial score (nSPS) is 31.4. The molecule has 1 saturated carbocycles. The zero-order chi connectivity index (χ0) is 12.8.